The van der Waals surface area contributed by atoms with Gasteiger partial charge in [0.25, 0.3) is 0 Å². The maximum atomic E-state index is 12.4. The molecule has 47 heavy (non-hydrogen) atoms. The summed E-state index contributed by atoms with van der Waals surface area (Å²) in [6, 6.07) is 19.8. The van der Waals surface area contributed by atoms with Gasteiger partial charge in [-0.3, -0.25) is 9.59 Å². The van der Waals surface area contributed by atoms with Crippen LogP contribution in [-0.4, -0.2) is 24.2 Å². The minimum absolute atomic E-state index is 0.0198. The second-order valence-corrected chi connectivity index (χ2v) is 11.3. The van der Waals surface area contributed by atoms with Crippen molar-refractivity contribution in [2.75, 3.05) is 10.6 Å². The van der Waals surface area contributed by atoms with Crippen LogP contribution in [-0.2, 0) is 14.9 Å². The Balaban J connectivity index is 0.000000256. The highest BCUT2D eigenvalue weighted by atomic mass is 79.9. The molecular weight excluding hydrogens is 741 g/mol. The van der Waals surface area contributed by atoms with Gasteiger partial charge in [-0.2, -0.15) is 26.3 Å². The summed E-state index contributed by atoms with van der Waals surface area (Å²) in [6.07, 6.45) is -9.94. The number of carbonyl (C=O) groups is 2. The second kappa shape index (κ2) is 15.8. The lowest BCUT2D eigenvalue weighted by Crippen LogP contribution is -2.30. The molecular formula is C32H25BrCl2F6N2O4. The quantitative estimate of drug-likeness (QED) is 0.145. The van der Waals surface area contributed by atoms with Crippen LogP contribution >= 0.6 is 39.1 Å². The van der Waals surface area contributed by atoms with E-state index in [9.17, 15) is 35.9 Å². The lowest BCUT2D eigenvalue weighted by molar-refractivity contribution is -0.167. The van der Waals surface area contributed by atoms with Gasteiger partial charge in [-0.1, -0.05) is 74.5 Å². The molecule has 0 unspecified atom stereocenters. The summed E-state index contributed by atoms with van der Waals surface area (Å²) in [6.45, 7) is 5.40. The molecule has 0 aliphatic heterocycles. The van der Waals surface area contributed by atoms with Crippen LogP contribution < -0.4 is 20.1 Å². The van der Waals surface area contributed by atoms with Gasteiger partial charge in [0.2, 0.25) is 0 Å². The van der Waals surface area contributed by atoms with Gasteiger partial charge in [-0.15, -0.1) is 0 Å². The van der Waals surface area contributed by atoms with E-state index in [1.807, 2.05) is 38.1 Å². The molecule has 4 rings (SSSR count). The number of alkyl halides is 7. The third-order valence-electron chi connectivity index (χ3n) is 6.09. The predicted molar refractivity (Wildman–Crippen MR) is 172 cm³/mol. The first-order valence-electron chi connectivity index (χ1n) is 13.3. The molecule has 4 aromatic rings. The van der Waals surface area contributed by atoms with Crippen molar-refractivity contribution in [3.63, 3.8) is 0 Å². The zero-order valence-corrected chi connectivity index (χ0v) is 27.8. The number of nitrogens with one attached hydrogen (secondary N) is 2. The van der Waals surface area contributed by atoms with E-state index < -0.39 is 24.2 Å². The molecule has 0 spiro atoms. The first kappa shape index (κ1) is 37.5. The number of rotatable bonds is 7. The number of ether oxygens (including phenoxy) is 2. The van der Waals surface area contributed by atoms with E-state index >= 15 is 0 Å². The second-order valence-electron chi connectivity index (χ2n) is 9.90. The molecule has 4 aromatic carbocycles. The molecule has 0 aliphatic carbocycles. The topological polar surface area (TPSA) is 76.7 Å². The summed E-state index contributed by atoms with van der Waals surface area (Å²) >= 11 is 15.3. The smallest absolute Gasteiger partial charge is 0.456 e. The van der Waals surface area contributed by atoms with E-state index in [4.69, 9.17) is 32.7 Å². The molecule has 15 heteroatoms. The SMILES string of the molecule is Cc1ccc(Oc2cc(C)c(NC(=O)C(F)(F)F)cc2Cl)cc1.Cc1ccc(Oc2cc(CBr)c(NC(=O)C(F)(F)F)cc2Cl)cc1. The predicted octanol–water partition coefficient (Wildman–Crippen LogP) is 11.1. The fraction of sp³-hybridized carbons (Fsp3) is 0.188. The number of benzene rings is 4. The highest BCUT2D eigenvalue weighted by Crippen LogP contribution is 2.37. The van der Waals surface area contributed by atoms with Gasteiger partial charge in [0, 0.05) is 16.7 Å². The Morgan fingerprint density at radius 1 is 0.660 bits per heavy atom. The Morgan fingerprint density at radius 2 is 1.04 bits per heavy atom. The third-order valence-corrected chi connectivity index (χ3v) is 7.28. The zero-order valence-electron chi connectivity index (χ0n) is 24.7. The molecule has 0 radical (unpaired) electrons. The molecule has 0 saturated heterocycles. The number of hydrogen-bond donors (Lipinski definition) is 2. The van der Waals surface area contributed by atoms with Crippen molar-refractivity contribution in [3.05, 3.63) is 105 Å². The zero-order chi connectivity index (χ0) is 35.1. The fourth-order valence-electron chi connectivity index (χ4n) is 3.62. The summed E-state index contributed by atoms with van der Waals surface area (Å²) in [7, 11) is 0. The molecule has 250 valence electrons. The van der Waals surface area contributed by atoms with E-state index in [0.29, 0.717) is 22.6 Å². The molecule has 0 fully saturated rings. The van der Waals surface area contributed by atoms with E-state index in [1.54, 1.807) is 41.8 Å². The van der Waals surface area contributed by atoms with Crippen LogP contribution in [0.4, 0.5) is 37.7 Å². The lowest BCUT2D eigenvalue weighted by atomic mass is 10.2. The van der Waals surface area contributed by atoms with Crippen LogP contribution in [0.1, 0.15) is 22.3 Å². The van der Waals surface area contributed by atoms with Crippen molar-refractivity contribution in [3.8, 4) is 23.0 Å². The molecule has 6 nitrogen and oxygen atoms in total. The van der Waals surface area contributed by atoms with Crippen LogP contribution in [0.25, 0.3) is 0 Å². The lowest BCUT2D eigenvalue weighted by Gasteiger charge is -2.15. The summed E-state index contributed by atoms with van der Waals surface area (Å²) in [5.74, 6) is -2.46. The number of hydrogen-bond acceptors (Lipinski definition) is 4. The first-order chi connectivity index (χ1) is 21.9. The molecule has 0 aliphatic rings. The minimum atomic E-state index is -4.98. The Kier molecular flexibility index (Phi) is 12.6. The van der Waals surface area contributed by atoms with Gasteiger partial charge in [0.1, 0.15) is 23.0 Å². The average molecular weight is 766 g/mol. The molecule has 2 amide bonds. The van der Waals surface area contributed by atoms with Gasteiger partial charge in [0.05, 0.1) is 10.0 Å². The minimum Gasteiger partial charge on any atom is -0.456 e. The standard InChI is InChI=1S/C16H12BrClF3NO2.C16H13ClF3NO2/c1-9-2-4-11(5-3-9)24-14-6-10(8-17)13(7-12(14)18)22-15(23)16(19,20)21;1-9-3-5-11(6-4-9)23-14-7-10(2)13(8-12(14)17)21-15(22)16(18,19)20/h2-7H,8H2,1H3,(H,22,23);3-8H,1-2H3,(H,21,22). The van der Waals surface area contributed by atoms with Crippen LogP contribution in [0.3, 0.4) is 0 Å². The van der Waals surface area contributed by atoms with E-state index in [0.717, 1.165) is 11.1 Å². The number of halogens is 9. The molecule has 2 N–H and O–H groups in total. The van der Waals surface area contributed by atoms with Crippen LogP contribution in [0.5, 0.6) is 23.0 Å². The molecule has 0 aromatic heterocycles. The number of anilines is 2. The van der Waals surface area contributed by atoms with Crippen LogP contribution in [0, 0.1) is 20.8 Å². The Bertz CT molecular complexity index is 1730. The van der Waals surface area contributed by atoms with Crippen LogP contribution in [0.15, 0.2) is 72.8 Å². The van der Waals surface area contributed by atoms with Gasteiger partial charge >= 0.3 is 24.2 Å². The summed E-state index contributed by atoms with van der Waals surface area (Å²) in [5, 5.41) is 3.98. The average Bonchev–Trinajstić information content (AvgIpc) is 2.98. The van der Waals surface area contributed by atoms with Gasteiger partial charge in [-0.05, 0) is 80.4 Å². The van der Waals surface area contributed by atoms with Gasteiger partial charge in [0.15, 0.2) is 0 Å². The fourth-order valence-corrected chi connectivity index (χ4v) is 4.49. The Morgan fingerprint density at radius 3 is 1.45 bits per heavy atom. The largest absolute Gasteiger partial charge is 0.471 e. The number of aryl methyl sites for hydroxylation is 3. The summed E-state index contributed by atoms with van der Waals surface area (Å²) in [4.78, 5) is 22.1. The number of amides is 2. The van der Waals surface area contributed by atoms with Crippen molar-refractivity contribution in [2.45, 2.75) is 38.5 Å². The summed E-state index contributed by atoms with van der Waals surface area (Å²) < 4.78 is 85.3. The highest BCUT2D eigenvalue weighted by Gasteiger charge is 2.39. The Labute approximate surface area is 284 Å². The van der Waals surface area contributed by atoms with Crippen molar-refractivity contribution in [1.82, 2.24) is 0 Å². The van der Waals surface area contributed by atoms with Crippen LogP contribution in [0.2, 0.25) is 10.0 Å². The third kappa shape index (κ3) is 11.1. The normalized spacial score (nSPS) is 11.2. The van der Waals surface area contributed by atoms with Gasteiger partial charge < -0.3 is 20.1 Å². The molecule has 0 saturated carbocycles. The van der Waals surface area contributed by atoms with E-state index in [1.165, 1.54) is 24.3 Å². The number of carbonyl (C=O) groups excluding carboxylic acids is 2. The molecule has 0 bridgehead atoms. The van der Waals surface area contributed by atoms with E-state index in [2.05, 4.69) is 15.9 Å². The Hall–Kier alpha value is -3.94. The monoisotopic (exact) mass is 764 g/mol. The molecule has 0 atom stereocenters. The van der Waals surface area contributed by atoms with Crippen molar-refractivity contribution in [1.29, 1.82) is 0 Å². The summed E-state index contributed by atoms with van der Waals surface area (Å²) in [5.41, 5.74) is 2.86. The van der Waals surface area contributed by atoms with E-state index in [-0.39, 0.29) is 38.2 Å². The first-order valence-corrected chi connectivity index (χ1v) is 15.2. The highest BCUT2D eigenvalue weighted by molar-refractivity contribution is 9.08. The van der Waals surface area contributed by atoms with Gasteiger partial charge in [-0.25, -0.2) is 0 Å². The maximum absolute atomic E-state index is 12.4. The van der Waals surface area contributed by atoms with Crippen molar-refractivity contribution in [2.24, 2.45) is 0 Å². The van der Waals surface area contributed by atoms with Crippen molar-refractivity contribution < 1.29 is 45.4 Å². The maximum Gasteiger partial charge on any atom is 0.471 e. The molecule has 0 heterocycles. The van der Waals surface area contributed by atoms with Crippen molar-refractivity contribution >= 4 is 62.3 Å².